The molecule has 208 valence electrons. The summed E-state index contributed by atoms with van der Waals surface area (Å²) in [5.74, 6) is 0.615. The number of aryl methyl sites for hydroxylation is 2. The molecule has 1 aromatic heterocycles. The summed E-state index contributed by atoms with van der Waals surface area (Å²) in [6, 6.07) is 14.0. The SMILES string of the molecule is CCN(C)c1cc(-c2ccc(OCCN3CCOCC3)cc2)cc(C(=O)NCc2c(C)cc(C)[nH]c2=O)c1C. The first-order valence-corrected chi connectivity index (χ1v) is 13.6. The number of aromatic amines is 1. The topological polar surface area (TPSA) is 86.9 Å². The Morgan fingerprint density at radius 2 is 1.79 bits per heavy atom. The lowest BCUT2D eigenvalue weighted by Crippen LogP contribution is -2.38. The summed E-state index contributed by atoms with van der Waals surface area (Å²) in [7, 11) is 2.02. The fourth-order valence-electron chi connectivity index (χ4n) is 4.89. The van der Waals surface area contributed by atoms with Gasteiger partial charge in [-0.2, -0.15) is 0 Å². The number of nitrogens with zero attached hydrogens (tertiary/aromatic N) is 2. The number of amides is 1. The molecule has 1 saturated heterocycles. The highest BCUT2D eigenvalue weighted by Gasteiger charge is 2.18. The van der Waals surface area contributed by atoms with Gasteiger partial charge >= 0.3 is 0 Å². The molecule has 39 heavy (non-hydrogen) atoms. The van der Waals surface area contributed by atoms with Gasteiger partial charge in [-0.1, -0.05) is 12.1 Å². The highest BCUT2D eigenvalue weighted by Crippen LogP contribution is 2.31. The molecule has 0 radical (unpaired) electrons. The van der Waals surface area contributed by atoms with Gasteiger partial charge in [-0.05, 0) is 80.3 Å². The number of hydrogen-bond donors (Lipinski definition) is 2. The van der Waals surface area contributed by atoms with Crippen LogP contribution in [0.15, 0.2) is 47.3 Å². The number of nitrogens with one attached hydrogen (secondary N) is 2. The first-order valence-electron chi connectivity index (χ1n) is 13.6. The molecule has 8 heteroatoms. The molecule has 0 saturated carbocycles. The van der Waals surface area contributed by atoms with Gasteiger partial charge in [0.2, 0.25) is 0 Å². The van der Waals surface area contributed by atoms with Crippen LogP contribution < -0.4 is 20.5 Å². The maximum Gasteiger partial charge on any atom is 0.253 e. The number of hydrogen-bond acceptors (Lipinski definition) is 6. The lowest BCUT2D eigenvalue weighted by atomic mass is 9.96. The minimum Gasteiger partial charge on any atom is -0.492 e. The van der Waals surface area contributed by atoms with E-state index in [0.717, 1.165) is 78.8 Å². The number of benzene rings is 2. The van der Waals surface area contributed by atoms with Crippen molar-refractivity contribution in [2.75, 3.05) is 57.9 Å². The second-order valence-corrected chi connectivity index (χ2v) is 10.1. The molecule has 1 aliphatic rings. The molecule has 1 amide bonds. The van der Waals surface area contributed by atoms with E-state index in [-0.39, 0.29) is 18.0 Å². The predicted octanol–water partition coefficient (Wildman–Crippen LogP) is 4.06. The van der Waals surface area contributed by atoms with Crippen molar-refractivity contribution in [3.8, 4) is 16.9 Å². The molecule has 2 heterocycles. The van der Waals surface area contributed by atoms with Crippen molar-refractivity contribution in [1.82, 2.24) is 15.2 Å². The van der Waals surface area contributed by atoms with E-state index in [1.54, 1.807) is 0 Å². The van der Waals surface area contributed by atoms with Crippen LogP contribution in [-0.4, -0.2) is 68.8 Å². The number of rotatable bonds is 10. The third-order valence-corrected chi connectivity index (χ3v) is 7.40. The lowest BCUT2D eigenvalue weighted by Gasteiger charge is -2.26. The summed E-state index contributed by atoms with van der Waals surface area (Å²) in [6.45, 7) is 13.7. The van der Waals surface area contributed by atoms with Gasteiger partial charge in [-0.25, -0.2) is 0 Å². The summed E-state index contributed by atoms with van der Waals surface area (Å²) in [5, 5.41) is 2.97. The molecule has 1 aliphatic heterocycles. The smallest absolute Gasteiger partial charge is 0.253 e. The van der Waals surface area contributed by atoms with Crippen molar-refractivity contribution >= 4 is 11.6 Å². The fourth-order valence-corrected chi connectivity index (χ4v) is 4.89. The average Bonchev–Trinajstić information content (AvgIpc) is 2.93. The number of pyridine rings is 1. The monoisotopic (exact) mass is 532 g/mol. The second-order valence-electron chi connectivity index (χ2n) is 10.1. The van der Waals surface area contributed by atoms with Crippen molar-refractivity contribution < 1.29 is 14.3 Å². The Labute approximate surface area is 230 Å². The molecule has 8 nitrogen and oxygen atoms in total. The minimum atomic E-state index is -0.206. The van der Waals surface area contributed by atoms with Gasteiger partial charge in [0.15, 0.2) is 0 Å². The zero-order chi connectivity index (χ0) is 27.9. The molecule has 2 aromatic carbocycles. The van der Waals surface area contributed by atoms with E-state index < -0.39 is 0 Å². The second kappa shape index (κ2) is 13.0. The molecule has 3 aromatic rings. The van der Waals surface area contributed by atoms with Crippen LogP contribution >= 0.6 is 0 Å². The molecule has 0 bridgehead atoms. The standard InChI is InChI=1S/C31H40N4O4/c1-6-34(5)29-19-25(24-7-9-26(10-8-24)39-16-13-35-11-14-38-15-12-35)18-27(23(29)4)30(36)32-20-28-21(2)17-22(3)33-31(28)37/h7-10,17-19H,6,11-16,20H2,1-5H3,(H,32,36)(H,33,37). The summed E-state index contributed by atoms with van der Waals surface area (Å²) < 4.78 is 11.4. The maximum atomic E-state index is 13.4. The summed E-state index contributed by atoms with van der Waals surface area (Å²) in [4.78, 5) is 33.1. The predicted molar refractivity (Wildman–Crippen MR) is 156 cm³/mol. The van der Waals surface area contributed by atoms with E-state index in [4.69, 9.17) is 9.47 Å². The van der Waals surface area contributed by atoms with Crippen molar-refractivity contribution in [2.24, 2.45) is 0 Å². The largest absolute Gasteiger partial charge is 0.492 e. The number of carbonyl (C=O) groups is 1. The zero-order valence-electron chi connectivity index (χ0n) is 23.7. The zero-order valence-corrected chi connectivity index (χ0v) is 23.7. The highest BCUT2D eigenvalue weighted by atomic mass is 16.5. The first kappa shape index (κ1) is 28.4. The summed E-state index contributed by atoms with van der Waals surface area (Å²) in [5.41, 5.74) is 6.50. The number of aromatic nitrogens is 1. The van der Waals surface area contributed by atoms with Crippen LogP contribution in [0.4, 0.5) is 5.69 Å². The van der Waals surface area contributed by atoms with Gasteiger partial charge in [-0.3, -0.25) is 14.5 Å². The van der Waals surface area contributed by atoms with Gasteiger partial charge in [0.05, 0.1) is 13.2 Å². The van der Waals surface area contributed by atoms with Crippen LogP contribution in [0.5, 0.6) is 5.75 Å². The van der Waals surface area contributed by atoms with Crippen molar-refractivity contribution in [3.63, 3.8) is 0 Å². The van der Waals surface area contributed by atoms with Crippen LogP contribution in [0.25, 0.3) is 11.1 Å². The Hall–Kier alpha value is -3.62. The number of morpholine rings is 1. The normalized spacial score (nSPS) is 13.8. The molecule has 4 rings (SSSR count). The average molecular weight is 533 g/mol. The van der Waals surface area contributed by atoms with Gasteiger partial charge in [0.1, 0.15) is 12.4 Å². The molecule has 0 unspecified atom stereocenters. The number of carbonyl (C=O) groups excluding carboxylic acids is 1. The van der Waals surface area contributed by atoms with Crippen LogP contribution in [-0.2, 0) is 11.3 Å². The fraction of sp³-hybridized carbons (Fsp3) is 0.419. The van der Waals surface area contributed by atoms with E-state index in [0.29, 0.717) is 17.7 Å². The van der Waals surface area contributed by atoms with Crippen LogP contribution in [0.3, 0.4) is 0 Å². The van der Waals surface area contributed by atoms with Crippen molar-refractivity contribution in [2.45, 2.75) is 34.2 Å². The molecule has 0 atom stereocenters. The maximum absolute atomic E-state index is 13.4. The number of H-pyrrole nitrogens is 1. The molecule has 1 fully saturated rings. The van der Waals surface area contributed by atoms with Gasteiger partial charge in [0.25, 0.3) is 11.5 Å². The van der Waals surface area contributed by atoms with E-state index in [9.17, 15) is 9.59 Å². The number of ether oxygens (including phenoxy) is 2. The Balaban J connectivity index is 1.52. The highest BCUT2D eigenvalue weighted by molar-refractivity contribution is 5.98. The van der Waals surface area contributed by atoms with Gasteiger partial charge < -0.3 is 24.7 Å². The Morgan fingerprint density at radius 1 is 1.08 bits per heavy atom. The molecular formula is C31H40N4O4. The third-order valence-electron chi connectivity index (χ3n) is 7.40. The quantitative estimate of drug-likeness (QED) is 0.410. The molecule has 0 spiro atoms. The van der Waals surface area contributed by atoms with Crippen molar-refractivity contribution in [3.05, 3.63) is 80.8 Å². The van der Waals surface area contributed by atoms with E-state index in [1.165, 1.54) is 0 Å². The van der Waals surface area contributed by atoms with Crippen molar-refractivity contribution in [1.29, 1.82) is 0 Å². The first-order chi connectivity index (χ1) is 18.8. The van der Waals surface area contributed by atoms with E-state index in [1.807, 2.05) is 64.2 Å². The Kier molecular flexibility index (Phi) is 9.43. The van der Waals surface area contributed by atoms with Crippen LogP contribution in [0.1, 0.15) is 39.7 Å². The van der Waals surface area contributed by atoms with Gasteiger partial charge in [-0.15, -0.1) is 0 Å². The minimum absolute atomic E-state index is 0.166. The van der Waals surface area contributed by atoms with E-state index in [2.05, 4.69) is 33.1 Å². The van der Waals surface area contributed by atoms with E-state index >= 15 is 0 Å². The van der Waals surface area contributed by atoms with Crippen LogP contribution in [0.2, 0.25) is 0 Å². The van der Waals surface area contributed by atoms with Gasteiger partial charge in [0, 0.05) is 62.3 Å². The molecule has 2 N–H and O–H groups in total. The Morgan fingerprint density at radius 3 is 2.46 bits per heavy atom. The third kappa shape index (κ3) is 7.07. The Bertz CT molecular complexity index is 1340. The molecule has 0 aliphatic carbocycles. The van der Waals surface area contributed by atoms with Crippen LogP contribution in [0, 0.1) is 20.8 Å². The lowest BCUT2D eigenvalue weighted by molar-refractivity contribution is 0.0322. The summed E-state index contributed by atoms with van der Waals surface area (Å²) >= 11 is 0. The molecular weight excluding hydrogens is 492 g/mol. The summed E-state index contributed by atoms with van der Waals surface area (Å²) in [6.07, 6.45) is 0. The number of anilines is 1.